The largest absolute Gasteiger partial charge is 0.497 e. The van der Waals surface area contributed by atoms with Crippen molar-refractivity contribution in [2.75, 3.05) is 27.4 Å². The molecule has 0 fully saturated rings. The van der Waals surface area contributed by atoms with Crippen molar-refractivity contribution >= 4 is 39.8 Å². The van der Waals surface area contributed by atoms with Crippen molar-refractivity contribution in [2.45, 2.75) is 6.92 Å². The Morgan fingerprint density at radius 1 is 0.923 bits per heavy atom. The van der Waals surface area contributed by atoms with Gasteiger partial charge in [-0.3, -0.25) is 10.2 Å². The van der Waals surface area contributed by atoms with Gasteiger partial charge < -0.3 is 18.9 Å². The Hall–Kier alpha value is -4.57. The second-order valence-electron chi connectivity index (χ2n) is 8.53. The van der Waals surface area contributed by atoms with Crippen LogP contribution in [0.25, 0.3) is 6.08 Å². The summed E-state index contributed by atoms with van der Waals surface area (Å²) in [6, 6.07) is 20.5. The number of hydrogen-bond donors (Lipinski definition) is 1. The third kappa shape index (κ3) is 5.65. The van der Waals surface area contributed by atoms with Gasteiger partial charge in [-0.05, 0) is 60.2 Å². The van der Waals surface area contributed by atoms with Gasteiger partial charge in [-0.25, -0.2) is 0 Å². The number of carbonyl (C=O) groups is 1. The number of amidine groups is 2. The highest BCUT2D eigenvalue weighted by Crippen LogP contribution is 2.33. The molecule has 0 atom stereocenters. The van der Waals surface area contributed by atoms with Crippen molar-refractivity contribution in [3.63, 3.8) is 0 Å². The molecule has 0 saturated carbocycles. The normalized spacial score (nSPS) is 15.6. The van der Waals surface area contributed by atoms with Gasteiger partial charge in [0.15, 0.2) is 17.3 Å². The molecule has 9 nitrogen and oxygen atoms in total. The maximum atomic E-state index is 12.8. The van der Waals surface area contributed by atoms with Crippen LogP contribution in [-0.2, 0) is 4.79 Å². The minimum atomic E-state index is -0.492. The number of nitrogens with zero attached hydrogens (tertiary/aromatic N) is 3. The number of methoxy groups -OCH3 is 2. The van der Waals surface area contributed by atoms with Crippen LogP contribution in [0, 0.1) is 12.3 Å². The molecule has 3 aromatic carbocycles. The zero-order valence-electron chi connectivity index (χ0n) is 21.6. The zero-order chi connectivity index (χ0) is 27.4. The molecule has 10 heteroatoms. The lowest BCUT2D eigenvalue weighted by Crippen LogP contribution is -2.35. The number of hydrogen-bond acceptors (Lipinski definition) is 8. The van der Waals surface area contributed by atoms with Gasteiger partial charge in [0.2, 0.25) is 5.17 Å². The summed E-state index contributed by atoms with van der Waals surface area (Å²) in [4.78, 5) is 17.0. The van der Waals surface area contributed by atoms with Crippen molar-refractivity contribution in [2.24, 2.45) is 10.1 Å². The molecule has 5 rings (SSSR count). The first-order chi connectivity index (χ1) is 19.0. The van der Waals surface area contributed by atoms with Crippen LogP contribution in [0.1, 0.15) is 16.7 Å². The van der Waals surface area contributed by atoms with E-state index in [0.717, 1.165) is 11.1 Å². The van der Waals surface area contributed by atoms with Crippen molar-refractivity contribution in [1.29, 1.82) is 5.41 Å². The van der Waals surface area contributed by atoms with Gasteiger partial charge in [-0.1, -0.05) is 36.4 Å². The molecule has 2 aliphatic rings. The maximum absolute atomic E-state index is 12.8. The van der Waals surface area contributed by atoms with E-state index >= 15 is 0 Å². The summed E-state index contributed by atoms with van der Waals surface area (Å²) in [5, 5.41) is 15.7. The molecular formula is C29H26N4O5S. The van der Waals surface area contributed by atoms with Crippen LogP contribution >= 0.6 is 11.8 Å². The summed E-state index contributed by atoms with van der Waals surface area (Å²) in [5.74, 6) is 1.89. The Morgan fingerprint density at radius 3 is 2.51 bits per heavy atom. The summed E-state index contributed by atoms with van der Waals surface area (Å²) in [7, 11) is 3.15. The third-order valence-corrected chi connectivity index (χ3v) is 6.92. The Balaban J connectivity index is 1.28. The summed E-state index contributed by atoms with van der Waals surface area (Å²) in [5.41, 5.74) is 2.80. The van der Waals surface area contributed by atoms with Crippen molar-refractivity contribution in [3.8, 4) is 23.0 Å². The molecule has 2 heterocycles. The predicted molar refractivity (Wildman–Crippen MR) is 152 cm³/mol. The van der Waals surface area contributed by atoms with E-state index in [-0.39, 0.29) is 11.4 Å². The molecule has 1 N–H and O–H groups in total. The summed E-state index contributed by atoms with van der Waals surface area (Å²) < 4.78 is 22.3. The average molecular weight is 543 g/mol. The Kier molecular flexibility index (Phi) is 7.64. The lowest BCUT2D eigenvalue weighted by Gasteiger charge is -2.20. The van der Waals surface area contributed by atoms with Crippen LogP contribution < -0.4 is 18.9 Å². The first-order valence-electron chi connectivity index (χ1n) is 12.1. The molecule has 0 spiro atoms. The van der Waals surface area contributed by atoms with Gasteiger partial charge in [0.1, 0.15) is 29.8 Å². The number of rotatable bonds is 9. The van der Waals surface area contributed by atoms with Crippen molar-refractivity contribution in [3.05, 3.63) is 89.0 Å². The number of aryl methyl sites for hydroxylation is 1. The predicted octanol–water partition coefficient (Wildman–Crippen LogP) is 5.14. The Bertz CT molecular complexity index is 1530. The molecule has 0 radical (unpaired) electrons. The van der Waals surface area contributed by atoms with Gasteiger partial charge in [0, 0.05) is 11.6 Å². The number of ether oxygens (including phenoxy) is 4. The molecular weight excluding hydrogens is 516 g/mol. The van der Waals surface area contributed by atoms with Crippen molar-refractivity contribution < 1.29 is 23.7 Å². The molecule has 2 aliphatic heterocycles. The van der Waals surface area contributed by atoms with Gasteiger partial charge in [-0.2, -0.15) is 15.1 Å². The van der Waals surface area contributed by atoms with Crippen LogP contribution in [0.3, 0.4) is 0 Å². The highest BCUT2D eigenvalue weighted by Gasteiger charge is 2.36. The van der Waals surface area contributed by atoms with E-state index in [9.17, 15) is 4.79 Å². The van der Waals surface area contributed by atoms with Gasteiger partial charge >= 0.3 is 0 Å². The fraction of sp³-hybridized carbons (Fsp3) is 0.172. The standard InChI is InChI=1S/C29H26N4O5S/c1-18-7-4-5-10-22(18)28-32-33-26(30)23(27(34)31-29(33)39-28)15-19-11-12-24(25(16-19)36-3)38-14-13-37-21-9-6-8-20(17-21)35-2/h4-12,15-17,30H,13-14H2,1-3H3/b23-15-,30-26?. The van der Waals surface area contributed by atoms with E-state index in [1.54, 1.807) is 44.6 Å². The maximum Gasteiger partial charge on any atom is 0.283 e. The van der Waals surface area contributed by atoms with E-state index < -0.39 is 5.91 Å². The number of hydrazone groups is 1. The van der Waals surface area contributed by atoms with E-state index in [4.69, 9.17) is 24.4 Å². The molecule has 0 saturated heterocycles. The number of benzene rings is 3. The Morgan fingerprint density at radius 2 is 1.72 bits per heavy atom. The number of nitrogens with one attached hydrogen (secondary N) is 1. The molecule has 1 amide bonds. The minimum Gasteiger partial charge on any atom is -0.497 e. The zero-order valence-corrected chi connectivity index (χ0v) is 22.5. The molecule has 0 bridgehead atoms. The topological polar surface area (TPSA) is 106 Å². The average Bonchev–Trinajstić information content (AvgIpc) is 3.38. The summed E-state index contributed by atoms with van der Waals surface area (Å²) >= 11 is 1.28. The van der Waals surface area contributed by atoms with E-state index in [2.05, 4.69) is 10.1 Å². The van der Waals surface area contributed by atoms with Crippen LogP contribution in [0.4, 0.5) is 0 Å². The molecule has 0 unspecified atom stereocenters. The fourth-order valence-corrected chi connectivity index (χ4v) is 4.96. The van der Waals surface area contributed by atoms with Gasteiger partial charge in [0.25, 0.3) is 5.91 Å². The summed E-state index contributed by atoms with van der Waals surface area (Å²) in [6.07, 6.45) is 1.61. The van der Waals surface area contributed by atoms with E-state index in [0.29, 0.717) is 52.0 Å². The molecule has 3 aromatic rings. The third-order valence-electron chi connectivity index (χ3n) is 5.98. The molecule has 0 aromatic heterocycles. The molecule has 0 aliphatic carbocycles. The minimum absolute atomic E-state index is 0.0323. The lowest BCUT2D eigenvalue weighted by molar-refractivity contribution is -0.114. The number of carbonyl (C=O) groups excluding carboxylic acids is 1. The molecule has 198 valence electrons. The van der Waals surface area contributed by atoms with Crippen molar-refractivity contribution in [1.82, 2.24) is 5.01 Å². The fourth-order valence-electron chi connectivity index (χ4n) is 3.98. The van der Waals surface area contributed by atoms with Gasteiger partial charge in [0.05, 0.1) is 19.8 Å². The number of fused-ring (bicyclic) bond motifs is 1. The highest BCUT2D eigenvalue weighted by molar-refractivity contribution is 8.27. The van der Waals surface area contributed by atoms with Crippen LogP contribution in [0.2, 0.25) is 0 Å². The highest BCUT2D eigenvalue weighted by atomic mass is 32.2. The van der Waals surface area contributed by atoms with Gasteiger partial charge in [-0.15, -0.1) is 0 Å². The van der Waals surface area contributed by atoms with E-state index in [1.807, 2.05) is 49.4 Å². The van der Waals surface area contributed by atoms with Crippen LogP contribution in [0.15, 0.2) is 82.4 Å². The number of aliphatic imine (C=N–C) groups is 1. The number of amides is 1. The SMILES string of the molecule is COc1cccc(OCCOc2ccc(/C=C3/C(=N)N4N=C(c5ccccc5C)SC4=NC3=O)cc2OC)c1. The quantitative estimate of drug-likeness (QED) is 0.295. The first-order valence-corrected chi connectivity index (χ1v) is 12.9. The smallest absolute Gasteiger partial charge is 0.283 e. The second-order valence-corrected chi connectivity index (χ2v) is 9.48. The second kappa shape index (κ2) is 11.4. The molecule has 39 heavy (non-hydrogen) atoms. The van der Waals surface area contributed by atoms with E-state index in [1.165, 1.54) is 16.8 Å². The lowest BCUT2D eigenvalue weighted by atomic mass is 10.1. The first kappa shape index (κ1) is 26.1. The Labute approximate surface area is 230 Å². The van der Waals surface area contributed by atoms with Crippen LogP contribution in [0.5, 0.6) is 23.0 Å². The summed E-state index contributed by atoms with van der Waals surface area (Å²) in [6.45, 7) is 2.61. The monoisotopic (exact) mass is 542 g/mol. The van der Waals surface area contributed by atoms with Crippen LogP contribution in [-0.4, -0.2) is 54.4 Å². The number of thioether (sulfide) groups is 1.